The maximum absolute atomic E-state index is 13.8. The lowest BCUT2D eigenvalue weighted by Crippen LogP contribution is -2.46. The molecule has 0 saturated carbocycles. The summed E-state index contributed by atoms with van der Waals surface area (Å²) in [5.74, 6) is -0.560. The summed E-state index contributed by atoms with van der Waals surface area (Å²) in [5.41, 5.74) is 1.38. The number of benzene rings is 1. The van der Waals surface area contributed by atoms with Gasteiger partial charge in [-0.3, -0.25) is 4.90 Å². The summed E-state index contributed by atoms with van der Waals surface area (Å²) in [6.07, 6.45) is 1.60. The minimum atomic E-state index is -0.785. The van der Waals surface area contributed by atoms with Crippen LogP contribution in [-0.4, -0.2) is 41.0 Å². The first kappa shape index (κ1) is 15.4. The Morgan fingerprint density at radius 3 is 2.71 bits per heavy atom. The molecular weight excluding hydrogens is 330 g/mol. The average Bonchev–Trinajstić information content (AvgIpc) is 3.08. The van der Waals surface area contributed by atoms with E-state index in [1.54, 1.807) is 29.8 Å². The summed E-state index contributed by atoms with van der Waals surface area (Å²) < 4.78 is 28.2. The Balaban J connectivity index is 1.45. The minimum Gasteiger partial charge on any atom is -0.353 e. The van der Waals surface area contributed by atoms with Gasteiger partial charge in [-0.15, -0.1) is 11.3 Å². The first-order valence-electron chi connectivity index (χ1n) is 7.81. The second-order valence-electron chi connectivity index (χ2n) is 5.81. The summed E-state index contributed by atoms with van der Waals surface area (Å²) in [6, 6.07) is 6.34. The predicted molar refractivity (Wildman–Crippen MR) is 91.3 cm³/mol. The molecular formula is C17H16F2N4S. The zero-order valence-electron chi connectivity index (χ0n) is 13.0. The Hall–Kier alpha value is -2.12. The summed E-state index contributed by atoms with van der Waals surface area (Å²) >= 11 is 1.64. The van der Waals surface area contributed by atoms with Gasteiger partial charge in [-0.1, -0.05) is 12.1 Å². The van der Waals surface area contributed by atoms with Gasteiger partial charge in [0.1, 0.15) is 12.1 Å². The SMILES string of the molecule is Fc1cccc(CN2CCN(c3ncnc4ccsc34)CC2)c1F. The molecule has 1 aromatic carbocycles. The smallest absolute Gasteiger partial charge is 0.163 e. The summed E-state index contributed by atoms with van der Waals surface area (Å²) in [5, 5.41) is 2.02. The first-order valence-corrected chi connectivity index (χ1v) is 8.69. The number of fused-ring (bicyclic) bond motifs is 1. The van der Waals surface area contributed by atoms with E-state index in [9.17, 15) is 8.78 Å². The van der Waals surface area contributed by atoms with E-state index in [0.717, 1.165) is 48.3 Å². The van der Waals surface area contributed by atoms with Crippen LogP contribution in [0.1, 0.15) is 5.56 Å². The van der Waals surface area contributed by atoms with Gasteiger partial charge in [0.15, 0.2) is 11.6 Å². The third-order valence-corrected chi connectivity index (χ3v) is 5.22. The molecule has 3 heterocycles. The van der Waals surface area contributed by atoms with Crippen LogP contribution in [0.2, 0.25) is 0 Å². The molecule has 0 radical (unpaired) electrons. The van der Waals surface area contributed by atoms with Crippen LogP contribution in [-0.2, 0) is 6.54 Å². The van der Waals surface area contributed by atoms with Crippen LogP contribution in [0.5, 0.6) is 0 Å². The van der Waals surface area contributed by atoms with Crippen molar-refractivity contribution in [2.24, 2.45) is 0 Å². The number of nitrogens with zero attached hydrogens (tertiary/aromatic N) is 4. The molecule has 0 spiro atoms. The molecule has 7 heteroatoms. The molecule has 1 aliphatic rings. The van der Waals surface area contributed by atoms with Crippen molar-refractivity contribution in [1.29, 1.82) is 0 Å². The van der Waals surface area contributed by atoms with Crippen molar-refractivity contribution in [2.75, 3.05) is 31.1 Å². The molecule has 3 aromatic rings. The highest BCUT2D eigenvalue weighted by molar-refractivity contribution is 7.17. The predicted octanol–water partition coefficient (Wildman–Crippen LogP) is 3.29. The molecule has 1 aliphatic heterocycles. The molecule has 0 unspecified atom stereocenters. The molecule has 0 amide bonds. The van der Waals surface area contributed by atoms with Crippen molar-refractivity contribution in [1.82, 2.24) is 14.9 Å². The van der Waals surface area contributed by atoms with Crippen molar-refractivity contribution in [3.05, 3.63) is 53.2 Å². The second-order valence-corrected chi connectivity index (χ2v) is 6.72. The number of halogens is 2. The van der Waals surface area contributed by atoms with E-state index in [1.807, 2.05) is 11.4 Å². The Morgan fingerprint density at radius 2 is 1.88 bits per heavy atom. The van der Waals surface area contributed by atoms with Gasteiger partial charge in [-0.05, 0) is 17.5 Å². The summed E-state index contributed by atoms with van der Waals surface area (Å²) in [4.78, 5) is 13.1. The Morgan fingerprint density at radius 1 is 1.04 bits per heavy atom. The first-order chi connectivity index (χ1) is 11.7. The van der Waals surface area contributed by atoms with Crippen LogP contribution in [0.25, 0.3) is 10.2 Å². The number of piperazine rings is 1. The Bertz CT molecular complexity index is 859. The molecule has 0 bridgehead atoms. The molecule has 124 valence electrons. The van der Waals surface area contributed by atoms with E-state index in [-0.39, 0.29) is 0 Å². The van der Waals surface area contributed by atoms with Gasteiger partial charge >= 0.3 is 0 Å². The zero-order valence-corrected chi connectivity index (χ0v) is 13.8. The highest BCUT2D eigenvalue weighted by atomic mass is 32.1. The number of hydrogen-bond acceptors (Lipinski definition) is 5. The van der Waals surface area contributed by atoms with Crippen LogP contribution >= 0.6 is 11.3 Å². The quantitative estimate of drug-likeness (QED) is 0.728. The van der Waals surface area contributed by atoms with Crippen molar-refractivity contribution >= 4 is 27.4 Å². The third kappa shape index (κ3) is 2.85. The standard InChI is InChI=1S/C17H16F2N4S/c18-13-3-1-2-12(15(13)19)10-22-5-7-23(8-6-22)17-16-14(4-9-24-16)20-11-21-17/h1-4,9,11H,5-8,10H2. The van der Waals surface area contributed by atoms with E-state index in [4.69, 9.17) is 0 Å². The van der Waals surface area contributed by atoms with Gasteiger partial charge in [-0.25, -0.2) is 18.7 Å². The lowest BCUT2D eigenvalue weighted by Gasteiger charge is -2.35. The van der Waals surface area contributed by atoms with Crippen LogP contribution in [0.3, 0.4) is 0 Å². The lowest BCUT2D eigenvalue weighted by molar-refractivity contribution is 0.245. The molecule has 1 saturated heterocycles. The largest absolute Gasteiger partial charge is 0.353 e. The minimum absolute atomic E-state index is 0.408. The molecule has 4 rings (SSSR count). The van der Waals surface area contributed by atoms with Crippen molar-refractivity contribution in [2.45, 2.75) is 6.54 Å². The van der Waals surface area contributed by atoms with Crippen LogP contribution in [0.15, 0.2) is 36.0 Å². The van der Waals surface area contributed by atoms with E-state index in [2.05, 4.69) is 19.8 Å². The molecule has 2 aromatic heterocycles. The van der Waals surface area contributed by atoms with Gasteiger partial charge < -0.3 is 4.90 Å². The summed E-state index contributed by atoms with van der Waals surface area (Å²) in [6.45, 7) is 3.61. The maximum Gasteiger partial charge on any atom is 0.163 e. The van der Waals surface area contributed by atoms with Crippen molar-refractivity contribution in [3.63, 3.8) is 0 Å². The fourth-order valence-electron chi connectivity index (χ4n) is 3.03. The molecule has 0 aliphatic carbocycles. The second kappa shape index (κ2) is 6.41. The number of thiophene rings is 1. The van der Waals surface area contributed by atoms with Crippen LogP contribution < -0.4 is 4.90 Å². The van der Waals surface area contributed by atoms with E-state index < -0.39 is 11.6 Å². The summed E-state index contributed by atoms with van der Waals surface area (Å²) in [7, 11) is 0. The maximum atomic E-state index is 13.8. The van der Waals surface area contributed by atoms with Gasteiger partial charge in [0.25, 0.3) is 0 Å². The number of rotatable bonds is 3. The van der Waals surface area contributed by atoms with Gasteiger partial charge in [0, 0.05) is 38.3 Å². The average molecular weight is 346 g/mol. The number of aromatic nitrogens is 2. The van der Waals surface area contributed by atoms with E-state index in [1.165, 1.54) is 0 Å². The van der Waals surface area contributed by atoms with Crippen molar-refractivity contribution in [3.8, 4) is 0 Å². The highest BCUT2D eigenvalue weighted by Gasteiger charge is 2.21. The molecule has 1 fully saturated rings. The normalized spacial score (nSPS) is 16.0. The highest BCUT2D eigenvalue weighted by Crippen LogP contribution is 2.28. The van der Waals surface area contributed by atoms with Gasteiger partial charge in [0.05, 0.1) is 10.2 Å². The lowest BCUT2D eigenvalue weighted by atomic mass is 10.1. The molecule has 0 atom stereocenters. The Labute approximate surface area is 142 Å². The van der Waals surface area contributed by atoms with Crippen LogP contribution in [0.4, 0.5) is 14.6 Å². The van der Waals surface area contributed by atoms with Crippen molar-refractivity contribution < 1.29 is 8.78 Å². The monoisotopic (exact) mass is 346 g/mol. The molecule has 0 N–H and O–H groups in total. The van der Waals surface area contributed by atoms with E-state index in [0.29, 0.717) is 12.1 Å². The van der Waals surface area contributed by atoms with Gasteiger partial charge in [0.2, 0.25) is 0 Å². The van der Waals surface area contributed by atoms with Crippen LogP contribution in [0, 0.1) is 11.6 Å². The number of hydrogen-bond donors (Lipinski definition) is 0. The Kier molecular flexibility index (Phi) is 4.12. The third-order valence-electron chi connectivity index (χ3n) is 4.32. The fraction of sp³-hybridized carbons (Fsp3) is 0.294. The zero-order chi connectivity index (χ0) is 16.5. The fourth-order valence-corrected chi connectivity index (χ4v) is 3.89. The van der Waals surface area contributed by atoms with Gasteiger partial charge in [-0.2, -0.15) is 0 Å². The number of anilines is 1. The molecule has 4 nitrogen and oxygen atoms in total. The topological polar surface area (TPSA) is 32.3 Å². The molecule has 24 heavy (non-hydrogen) atoms. The van der Waals surface area contributed by atoms with E-state index >= 15 is 0 Å².